The molecule has 178 valence electrons. The Morgan fingerprint density at radius 2 is 1.49 bits per heavy atom. The number of nitrogens with zero attached hydrogens (tertiary/aromatic N) is 3. The molecular weight excluding hydrogens is 459 g/mol. The van der Waals surface area contributed by atoms with E-state index in [-0.39, 0.29) is 12.2 Å². The quantitative estimate of drug-likeness (QED) is 0.391. The molecule has 0 radical (unpaired) electrons. The topological polar surface area (TPSA) is 75.4 Å². The number of carboxylic acids is 1. The number of alkyl halides is 3. The molecule has 3 aromatic carbocycles. The van der Waals surface area contributed by atoms with Gasteiger partial charge in [-0.25, -0.2) is 4.98 Å². The molecule has 1 N–H and O–H groups in total. The number of carboxylic acid groups (broad SMARTS) is 1. The zero-order valence-electron chi connectivity index (χ0n) is 18.3. The third-order valence-corrected chi connectivity index (χ3v) is 5.26. The Balaban J connectivity index is 1.69. The summed E-state index contributed by atoms with van der Waals surface area (Å²) in [6.45, 7) is -0.832. The fraction of sp³-hybridized carbons (Fsp3) is 0.115. The van der Waals surface area contributed by atoms with Crippen molar-refractivity contribution >= 4 is 11.9 Å². The van der Waals surface area contributed by atoms with E-state index in [0.717, 1.165) is 28.3 Å². The van der Waals surface area contributed by atoms with Gasteiger partial charge in [0.2, 0.25) is 0 Å². The molecule has 0 spiro atoms. The van der Waals surface area contributed by atoms with Crippen molar-refractivity contribution in [2.75, 3.05) is 6.54 Å². The molecular formula is C26H20F3N3O3. The first-order valence-corrected chi connectivity index (χ1v) is 10.6. The Morgan fingerprint density at radius 1 is 0.886 bits per heavy atom. The van der Waals surface area contributed by atoms with Crippen LogP contribution >= 0.6 is 0 Å². The average molecular weight is 479 g/mol. The molecule has 0 aliphatic rings. The number of hydrogen-bond donors (Lipinski definition) is 1. The van der Waals surface area contributed by atoms with Crippen LogP contribution in [0.25, 0.3) is 17.1 Å². The molecule has 0 bridgehead atoms. The number of amides is 1. The number of carbonyl (C=O) groups excluding carboxylic acids is 1. The molecule has 4 aromatic rings. The van der Waals surface area contributed by atoms with Crippen molar-refractivity contribution in [2.24, 2.45) is 0 Å². The van der Waals surface area contributed by atoms with E-state index in [1.165, 1.54) is 18.3 Å². The number of carbonyl (C=O) groups is 2. The van der Waals surface area contributed by atoms with Gasteiger partial charge < -0.3 is 10.0 Å². The molecule has 6 nitrogen and oxygen atoms in total. The van der Waals surface area contributed by atoms with Gasteiger partial charge >= 0.3 is 12.1 Å². The summed E-state index contributed by atoms with van der Waals surface area (Å²) in [5.41, 5.74) is 1.05. The fourth-order valence-corrected chi connectivity index (χ4v) is 3.60. The molecule has 0 aliphatic carbocycles. The molecule has 1 heterocycles. The number of halogens is 3. The van der Waals surface area contributed by atoms with E-state index in [1.54, 1.807) is 4.57 Å². The summed E-state index contributed by atoms with van der Waals surface area (Å²) in [4.78, 5) is 30.4. The molecule has 9 heteroatoms. The maximum atomic E-state index is 13.3. The van der Waals surface area contributed by atoms with Crippen LogP contribution < -0.4 is 0 Å². The summed E-state index contributed by atoms with van der Waals surface area (Å²) >= 11 is 0. The number of para-hydroxylation sites is 1. The first-order chi connectivity index (χ1) is 16.7. The maximum Gasteiger partial charge on any atom is 0.416 e. The Labute approximate surface area is 198 Å². The Morgan fingerprint density at radius 3 is 2.06 bits per heavy atom. The van der Waals surface area contributed by atoms with E-state index in [1.807, 2.05) is 60.7 Å². The predicted octanol–water partition coefficient (Wildman–Crippen LogP) is 5.29. The fourth-order valence-electron chi connectivity index (χ4n) is 3.60. The van der Waals surface area contributed by atoms with Crippen molar-refractivity contribution in [3.63, 3.8) is 0 Å². The lowest BCUT2D eigenvalue weighted by Gasteiger charge is -2.20. The normalized spacial score (nSPS) is 11.3. The molecule has 0 atom stereocenters. The zero-order chi connectivity index (χ0) is 25.0. The van der Waals surface area contributed by atoms with E-state index in [9.17, 15) is 27.9 Å². The van der Waals surface area contributed by atoms with Crippen molar-refractivity contribution in [1.82, 2.24) is 14.5 Å². The first-order valence-electron chi connectivity index (χ1n) is 10.6. The van der Waals surface area contributed by atoms with Gasteiger partial charge in [0.05, 0.1) is 5.56 Å². The predicted molar refractivity (Wildman–Crippen MR) is 123 cm³/mol. The molecule has 35 heavy (non-hydrogen) atoms. The minimum absolute atomic E-state index is 0.0147. The van der Waals surface area contributed by atoms with Crippen LogP contribution in [0.4, 0.5) is 13.2 Å². The molecule has 0 saturated carbocycles. The Kier molecular flexibility index (Phi) is 6.68. The van der Waals surface area contributed by atoms with Crippen LogP contribution in [0.5, 0.6) is 0 Å². The van der Waals surface area contributed by atoms with E-state index in [0.29, 0.717) is 11.4 Å². The van der Waals surface area contributed by atoms with Gasteiger partial charge in [0.1, 0.15) is 18.1 Å². The number of rotatable bonds is 7. The van der Waals surface area contributed by atoms with E-state index >= 15 is 0 Å². The minimum atomic E-state index is -4.49. The minimum Gasteiger partial charge on any atom is -0.480 e. The summed E-state index contributed by atoms with van der Waals surface area (Å²) in [5, 5.41) is 9.36. The van der Waals surface area contributed by atoms with Gasteiger partial charge in [-0.15, -0.1) is 0 Å². The summed E-state index contributed by atoms with van der Waals surface area (Å²) in [5.74, 6) is -1.42. The summed E-state index contributed by atoms with van der Waals surface area (Å²) < 4.78 is 40.3. The standard InChI is InChI=1S/C26H20F3N3O3/c27-26(28,29)20-13-11-18(12-14-20)15-31(17-23(33)34)25(35)22-16-32(21-9-5-2-6-10-21)24(30-22)19-7-3-1-4-8-19/h1-14,16H,15,17H2,(H,33,34). The highest BCUT2D eigenvalue weighted by Crippen LogP contribution is 2.29. The van der Waals surface area contributed by atoms with Crippen LogP contribution in [0.1, 0.15) is 21.6 Å². The lowest BCUT2D eigenvalue weighted by molar-refractivity contribution is -0.138. The van der Waals surface area contributed by atoms with Crippen LogP contribution in [-0.4, -0.2) is 38.0 Å². The zero-order valence-corrected chi connectivity index (χ0v) is 18.3. The van der Waals surface area contributed by atoms with E-state index in [2.05, 4.69) is 4.98 Å². The molecule has 0 saturated heterocycles. The Hall–Kier alpha value is -4.40. The monoisotopic (exact) mass is 479 g/mol. The summed E-state index contributed by atoms with van der Waals surface area (Å²) in [6, 6.07) is 22.7. The summed E-state index contributed by atoms with van der Waals surface area (Å²) in [6.07, 6.45) is -2.96. The highest BCUT2D eigenvalue weighted by molar-refractivity contribution is 5.94. The van der Waals surface area contributed by atoms with Crippen molar-refractivity contribution in [1.29, 1.82) is 0 Å². The largest absolute Gasteiger partial charge is 0.480 e. The van der Waals surface area contributed by atoms with Crippen LogP contribution in [0.2, 0.25) is 0 Å². The highest BCUT2D eigenvalue weighted by atomic mass is 19.4. The van der Waals surface area contributed by atoms with Crippen LogP contribution in [0, 0.1) is 0 Å². The molecule has 0 unspecified atom stereocenters. The molecule has 1 aromatic heterocycles. The molecule has 4 rings (SSSR count). The smallest absolute Gasteiger partial charge is 0.416 e. The number of hydrogen-bond acceptors (Lipinski definition) is 3. The van der Waals surface area contributed by atoms with Crippen LogP contribution in [0.15, 0.2) is 91.1 Å². The first kappa shape index (κ1) is 23.7. The second kappa shape index (κ2) is 9.84. The molecule has 1 amide bonds. The third kappa shape index (κ3) is 5.57. The van der Waals surface area contributed by atoms with Crippen LogP contribution in [0.3, 0.4) is 0 Å². The van der Waals surface area contributed by atoms with Crippen molar-refractivity contribution in [3.05, 3.63) is 108 Å². The van der Waals surface area contributed by atoms with Gasteiger partial charge in [0, 0.05) is 24.0 Å². The maximum absolute atomic E-state index is 13.3. The van der Waals surface area contributed by atoms with Gasteiger partial charge in [-0.3, -0.25) is 14.2 Å². The lowest BCUT2D eigenvalue weighted by atomic mass is 10.1. The number of imidazole rings is 1. The van der Waals surface area contributed by atoms with Crippen molar-refractivity contribution < 1.29 is 27.9 Å². The number of aromatic nitrogens is 2. The summed E-state index contributed by atoms with van der Waals surface area (Å²) in [7, 11) is 0. The van der Waals surface area contributed by atoms with Gasteiger partial charge in [-0.05, 0) is 29.8 Å². The SMILES string of the molecule is O=C(O)CN(Cc1ccc(C(F)(F)F)cc1)C(=O)c1cn(-c2ccccc2)c(-c2ccccc2)n1. The van der Waals surface area contributed by atoms with E-state index < -0.39 is 30.2 Å². The van der Waals surface area contributed by atoms with Gasteiger partial charge in [0.25, 0.3) is 5.91 Å². The highest BCUT2D eigenvalue weighted by Gasteiger charge is 2.30. The number of benzene rings is 3. The van der Waals surface area contributed by atoms with Crippen molar-refractivity contribution in [3.8, 4) is 17.1 Å². The van der Waals surface area contributed by atoms with Gasteiger partial charge in [0.15, 0.2) is 0 Å². The van der Waals surface area contributed by atoms with Crippen molar-refractivity contribution in [2.45, 2.75) is 12.7 Å². The van der Waals surface area contributed by atoms with Gasteiger partial charge in [-0.2, -0.15) is 13.2 Å². The van der Waals surface area contributed by atoms with Gasteiger partial charge in [-0.1, -0.05) is 60.7 Å². The average Bonchev–Trinajstić information content (AvgIpc) is 3.29. The third-order valence-electron chi connectivity index (χ3n) is 5.26. The Bertz CT molecular complexity index is 1260. The molecule has 0 fully saturated rings. The number of aliphatic carboxylic acids is 1. The lowest BCUT2D eigenvalue weighted by Crippen LogP contribution is -2.35. The second-order valence-electron chi connectivity index (χ2n) is 7.77. The van der Waals surface area contributed by atoms with Crippen LogP contribution in [-0.2, 0) is 17.5 Å². The molecule has 0 aliphatic heterocycles. The van der Waals surface area contributed by atoms with E-state index in [4.69, 9.17) is 0 Å². The second-order valence-corrected chi connectivity index (χ2v) is 7.77.